The Morgan fingerprint density at radius 2 is 1.33 bits per heavy atom. The largest absolute Gasteiger partial charge is 0.298 e. The minimum atomic E-state index is 0.738. The van der Waals surface area contributed by atoms with Gasteiger partial charge in [0, 0.05) is 11.1 Å². The van der Waals surface area contributed by atoms with Crippen molar-refractivity contribution in [2.24, 2.45) is 0 Å². The normalized spacial score (nSPS) is 13.0. The Bertz CT molecular complexity index is 318. The SMILES string of the molecule is O=Cc1ccc(C=O)c2c1CC2. The van der Waals surface area contributed by atoms with Crippen LogP contribution in [0.2, 0.25) is 0 Å². The molecule has 1 aromatic carbocycles. The fourth-order valence-electron chi connectivity index (χ4n) is 1.61. The number of fused-ring (bicyclic) bond motifs is 1. The standard InChI is InChI=1S/C10H8O2/c11-5-7-1-2-8(6-12)10-4-3-9(7)10/h1-2,5-6H,3-4H2. The molecule has 0 unspecified atom stereocenters. The zero-order valence-corrected chi connectivity index (χ0v) is 6.54. The fraction of sp³-hybridized carbons (Fsp3) is 0.200. The van der Waals surface area contributed by atoms with E-state index in [0.29, 0.717) is 0 Å². The molecule has 0 aromatic heterocycles. The Kier molecular flexibility index (Phi) is 1.54. The maximum atomic E-state index is 10.5. The molecule has 2 rings (SSSR count). The Labute approximate surface area is 70.2 Å². The highest BCUT2D eigenvalue weighted by Gasteiger charge is 2.19. The van der Waals surface area contributed by atoms with Crippen LogP contribution in [0.4, 0.5) is 0 Å². The molecule has 2 heteroatoms. The molecule has 12 heavy (non-hydrogen) atoms. The van der Waals surface area contributed by atoms with E-state index < -0.39 is 0 Å². The van der Waals surface area contributed by atoms with Crippen molar-refractivity contribution >= 4 is 12.6 Å². The van der Waals surface area contributed by atoms with Crippen LogP contribution in [0.3, 0.4) is 0 Å². The van der Waals surface area contributed by atoms with E-state index in [0.717, 1.165) is 47.7 Å². The molecule has 0 radical (unpaired) electrons. The molecule has 0 saturated carbocycles. The van der Waals surface area contributed by atoms with Crippen LogP contribution in [0.15, 0.2) is 12.1 Å². The van der Waals surface area contributed by atoms with E-state index >= 15 is 0 Å². The molecule has 0 heterocycles. The Morgan fingerprint density at radius 1 is 0.917 bits per heavy atom. The van der Waals surface area contributed by atoms with Crippen LogP contribution < -0.4 is 0 Å². The van der Waals surface area contributed by atoms with Gasteiger partial charge in [0.05, 0.1) is 0 Å². The molecule has 0 bridgehead atoms. The second-order valence-corrected chi connectivity index (χ2v) is 2.94. The first kappa shape index (κ1) is 7.22. The summed E-state index contributed by atoms with van der Waals surface area (Å²) in [5.41, 5.74) is 3.60. The van der Waals surface area contributed by atoms with Crippen LogP contribution in [0.5, 0.6) is 0 Å². The molecule has 0 fully saturated rings. The Hall–Kier alpha value is -1.44. The summed E-state index contributed by atoms with van der Waals surface area (Å²) in [6.07, 6.45) is 3.58. The van der Waals surface area contributed by atoms with Gasteiger partial charge < -0.3 is 0 Å². The summed E-state index contributed by atoms with van der Waals surface area (Å²) in [6.45, 7) is 0. The molecular weight excluding hydrogens is 152 g/mol. The van der Waals surface area contributed by atoms with Crippen LogP contribution >= 0.6 is 0 Å². The number of hydrogen-bond donors (Lipinski definition) is 0. The van der Waals surface area contributed by atoms with Crippen molar-refractivity contribution in [3.8, 4) is 0 Å². The molecular formula is C10H8O2. The van der Waals surface area contributed by atoms with Crippen molar-refractivity contribution in [2.75, 3.05) is 0 Å². The summed E-state index contributed by atoms with van der Waals surface area (Å²) in [5, 5.41) is 0. The van der Waals surface area contributed by atoms with Gasteiger partial charge in [-0.25, -0.2) is 0 Å². The van der Waals surface area contributed by atoms with Gasteiger partial charge in [-0.3, -0.25) is 9.59 Å². The van der Waals surface area contributed by atoms with Crippen molar-refractivity contribution < 1.29 is 9.59 Å². The van der Waals surface area contributed by atoms with E-state index in [1.165, 1.54) is 0 Å². The summed E-state index contributed by atoms with van der Waals surface area (Å²) < 4.78 is 0. The van der Waals surface area contributed by atoms with E-state index in [-0.39, 0.29) is 0 Å². The van der Waals surface area contributed by atoms with Gasteiger partial charge in [-0.15, -0.1) is 0 Å². The average molecular weight is 160 g/mol. The molecule has 1 aliphatic rings. The topological polar surface area (TPSA) is 34.1 Å². The van der Waals surface area contributed by atoms with E-state index in [2.05, 4.69) is 0 Å². The Balaban J connectivity index is 2.62. The van der Waals surface area contributed by atoms with Gasteiger partial charge >= 0.3 is 0 Å². The van der Waals surface area contributed by atoms with E-state index in [1.807, 2.05) is 0 Å². The molecule has 0 N–H and O–H groups in total. The Morgan fingerprint density at radius 3 is 1.58 bits per heavy atom. The summed E-state index contributed by atoms with van der Waals surface area (Å²) in [7, 11) is 0. The first-order valence-corrected chi connectivity index (χ1v) is 3.92. The number of rotatable bonds is 2. The highest BCUT2D eigenvalue weighted by Crippen LogP contribution is 2.28. The lowest BCUT2D eigenvalue weighted by atomic mass is 9.82. The van der Waals surface area contributed by atoms with Gasteiger partial charge in [0.25, 0.3) is 0 Å². The molecule has 1 aromatic rings. The van der Waals surface area contributed by atoms with Crippen LogP contribution in [-0.2, 0) is 12.8 Å². The summed E-state index contributed by atoms with van der Waals surface area (Å²) in [5.74, 6) is 0. The van der Waals surface area contributed by atoms with Gasteiger partial charge in [0.1, 0.15) is 12.6 Å². The maximum absolute atomic E-state index is 10.5. The summed E-state index contributed by atoms with van der Waals surface area (Å²) in [6, 6.07) is 3.43. The number of carbonyl (C=O) groups is 2. The lowest BCUT2D eigenvalue weighted by Gasteiger charge is -2.21. The summed E-state index contributed by atoms with van der Waals surface area (Å²) >= 11 is 0. The van der Waals surface area contributed by atoms with E-state index in [4.69, 9.17) is 0 Å². The first-order valence-electron chi connectivity index (χ1n) is 3.92. The van der Waals surface area contributed by atoms with Crippen LogP contribution in [0.25, 0.3) is 0 Å². The zero-order valence-electron chi connectivity index (χ0n) is 6.54. The van der Waals surface area contributed by atoms with Crippen molar-refractivity contribution in [3.63, 3.8) is 0 Å². The lowest BCUT2D eigenvalue weighted by Crippen LogP contribution is -2.14. The predicted octanol–water partition coefficient (Wildman–Crippen LogP) is 1.41. The number of aldehydes is 2. The molecule has 2 nitrogen and oxygen atoms in total. The van der Waals surface area contributed by atoms with Crippen molar-refractivity contribution in [1.29, 1.82) is 0 Å². The third-order valence-electron chi connectivity index (χ3n) is 2.38. The van der Waals surface area contributed by atoms with E-state index in [9.17, 15) is 9.59 Å². The number of carbonyl (C=O) groups excluding carboxylic acids is 2. The minimum Gasteiger partial charge on any atom is -0.298 e. The predicted molar refractivity (Wildman–Crippen MR) is 44.6 cm³/mol. The second kappa shape index (κ2) is 2.55. The molecule has 0 spiro atoms. The number of benzene rings is 1. The van der Waals surface area contributed by atoms with Gasteiger partial charge in [0.2, 0.25) is 0 Å². The first-order chi connectivity index (χ1) is 5.86. The molecule has 0 atom stereocenters. The van der Waals surface area contributed by atoms with Crippen LogP contribution in [0, 0.1) is 0 Å². The number of hydrogen-bond acceptors (Lipinski definition) is 2. The van der Waals surface area contributed by atoms with Crippen LogP contribution in [0.1, 0.15) is 31.8 Å². The highest BCUT2D eigenvalue weighted by molar-refractivity contribution is 5.85. The van der Waals surface area contributed by atoms with Gasteiger partial charge in [0.15, 0.2) is 0 Å². The van der Waals surface area contributed by atoms with Gasteiger partial charge in [-0.2, -0.15) is 0 Å². The second-order valence-electron chi connectivity index (χ2n) is 2.94. The molecule has 0 saturated heterocycles. The smallest absolute Gasteiger partial charge is 0.150 e. The molecule has 0 amide bonds. The fourth-order valence-corrected chi connectivity index (χ4v) is 1.61. The quantitative estimate of drug-likeness (QED) is 0.613. The molecule has 1 aliphatic carbocycles. The van der Waals surface area contributed by atoms with Gasteiger partial charge in [-0.1, -0.05) is 12.1 Å². The molecule has 0 aliphatic heterocycles. The maximum Gasteiger partial charge on any atom is 0.150 e. The van der Waals surface area contributed by atoms with Crippen molar-refractivity contribution in [3.05, 3.63) is 34.4 Å². The van der Waals surface area contributed by atoms with Crippen molar-refractivity contribution in [2.45, 2.75) is 12.8 Å². The third-order valence-corrected chi connectivity index (χ3v) is 2.38. The minimum absolute atomic E-state index is 0.738. The zero-order chi connectivity index (χ0) is 8.55. The molecule has 60 valence electrons. The highest BCUT2D eigenvalue weighted by atomic mass is 16.1. The van der Waals surface area contributed by atoms with Crippen LogP contribution in [-0.4, -0.2) is 12.6 Å². The average Bonchev–Trinajstić information content (AvgIpc) is 2.05. The van der Waals surface area contributed by atoms with Gasteiger partial charge in [-0.05, 0) is 24.0 Å². The third kappa shape index (κ3) is 0.811. The summed E-state index contributed by atoms with van der Waals surface area (Å²) in [4.78, 5) is 21.0. The van der Waals surface area contributed by atoms with E-state index in [1.54, 1.807) is 12.1 Å². The lowest BCUT2D eigenvalue weighted by molar-refractivity contribution is 0.111. The monoisotopic (exact) mass is 160 g/mol. The van der Waals surface area contributed by atoms with Crippen molar-refractivity contribution in [1.82, 2.24) is 0 Å².